The summed E-state index contributed by atoms with van der Waals surface area (Å²) in [7, 11) is 3.19. The van der Waals surface area contributed by atoms with Gasteiger partial charge in [-0.1, -0.05) is 23.7 Å². The molecule has 0 radical (unpaired) electrons. The number of halogens is 2. The van der Waals surface area contributed by atoms with E-state index >= 15 is 0 Å². The molecule has 0 saturated carbocycles. The molecule has 6 nitrogen and oxygen atoms in total. The van der Waals surface area contributed by atoms with Gasteiger partial charge in [-0.2, -0.15) is 4.98 Å². The van der Waals surface area contributed by atoms with Crippen molar-refractivity contribution in [3.05, 3.63) is 40.8 Å². The number of para-hydroxylation sites is 2. The van der Waals surface area contributed by atoms with Gasteiger partial charge in [-0.15, -0.1) is 0 Å². The standard InChI is InChI=1S/C13H12Cl2N4O2/c1-19(2)13(20)21-10-6-4-3-5-9(10)17-11-8(14)7-16-12(15)18-11/h3-7H,1-2H3,(H,16,17,18). The summed E-state index contributed by atoms with van der Waals surface area (Å²) < 4.78 is 5.25. The van der Waals surface area contributed by atoms with E-state index in [0.29, 0.717) is 22.3 Å². The SMILES string of the molecule is CN(C)C(=O)Oc1ccccc1Nc1nc(Cl)ncc1Cl. The maximum atomic E-state index is 11.6. The van der Waals surface area contributed by atoms with Crippen LogP contribution in [-0.2, 0) is 0 Å². The van der Waals surface area contributed by atoms with Crippen LogP contribution in [0.3, 0.4) is 0 Å². The molecule has 2 aromatic rings. The molecule has 1 aromatic carbocycles. The molecule has 0 aliphatic rings. The van der Waals surface area contributed by atoms with Gasteiger partial charge >= 0.3 is 6.09 Å². The molecule has 0 unspecified atom stereocenters. The van der Waals surface area contributed by atoms with Crippen LogP contribution < -0.4 is 10.1 Å². The average molecular weight is 327 g/mol. The van der Waals surface area contributed by atoms with Crippen LogP contribution in [0.2, 0.25) is 10.3 Å². The minimum absolute atomic E-state index is 0.0599. The molecule has 2 rings (SSSR count). The van der Waals surface area contributed by atoms with Crippen LogP contribution in [-0.4, -0.2) is 35.1 Å². The molecule has 0 saturated heterocycles. The first-order valence-corrected chi connectivity index (χ1v) is 6.66. The maximum absolute atomic E-state index is 11.6. The van der Waals surface area contributed by atoms with Crippen LogP contribution in [0, 0.1) is 0 Å². The molecule has 21 heavy (non-hydrogen) atoms. The number of carbonyl (C=O) groups is 1. The molecule has 1 heterocycles. The van der Waals surface area contributed by atoms with Gasteiger partial charge in [0.1, 0.15) is 5.02 Å². The fourth-order valence-electron chi connectivity index (χ4n) is 1.41. The highest BCUT2D eigenvalue weighted by Crippen LogP contribution is 2.30. The normalized spacial score (nSPS) is 10.1. The third-order valence-electron chi connectivity index (χ3n) is 2.42. The summed E-state index contributed by atoms with van der Waals surface area (Å²) in [4.78, 5) is 20.7. The molecule has 0 aliphatic heterocycles. The zero-order valence-electron chi connectivity index (χ0n) is 11.3. The van der Waals surface area contributed by atoms with E-state index < -0.39 is 6.09 Å². The molecule has 8 heteroatoms. The monoisotopic (exact) mass is 326 g/mol. The summed E-state index contributed by atoms with van der Waals surface area (Å²) in [6, 6.07) is 6.91. The largest absolute Gasteiger partial charge is 0.414 e. The van der Waals surface area contributed by atoms with Crippen molar-refractivity contribution in [2.24, 2.45) is 0 Å². The topological polar surface area (TPSA) is 67.3 Å². The number of nitrogens with zero attached hydrogens (tertiary/aromatic N) is 3. The van der Waals surface area contributed by atoms with Crippen LogP contribution >= 0.6 is 23.2 Å². The highest BCUT2D eigenvalue weighted by atomic mass is 35.5. The maximum Gasteiger partial charge on any atom is 0.414 e. The van der Waals surface area contributed by atoms with Crippen LogP contribution in [0.4, 0.5) is 16.3 Å². The van der Waals surface area contributed by atoms with Gasteiger partial charge in [-0.05, 0) is 23.7 Å². The number of rotatable bonds is 3. The Labute approximate surface area is 131 Å². The second-order valence-corrected chi connectivity index (χ2v) is 4.96. The summed E-state index contributed by atoms with van der Waals surface area (Å²) >= 11 is 11.7. The van der Waals surface area contributed by atoms with Crippen LogP contribution in [0.25, 0.3) is 0 Å². The fourth-order valence-corrected chi connectivity index (χ4v) is 1.68. The second kappa shape index (κ2) is 6.60. The Kier molecular flexibility index (Phi) is 4.82. The molecular weight excluding hydrogens is 315 g/mol. The second-order valence-electron chi connectivity index (χ2n) is 4.22. The number of benzene rings is 1. The number of hydrogen-bond donors (Lipinski definition) is 1. The minimum atomic E-state index is -0.490. The lowest BCUT2D eigenvalue weighted by molar-refractivity contribution is 0.172. The summed E-state index contributed by atoms with van der Waals surface area (Å²) in [5, 5.41) is 3.32. The van der Waals surface area contributed by atoms with Crippen molar-refractivity contribution in [3.8, 4) is 5.75 Å². The van der Waals surface area contributed by atoms with Crippen LogP contribution in [0.15, 0.2) is 30.5 Å². The predicted molar refractivity (Wildman–Crippen MR) is 81.5 cm³/mol. The van der Waals surface area contributed by atoms with Crippen molar-refractivity contribution in [2.45, 2.75) is 0 Å². The van der Waals surface area contributed by atoms with E-state index in [1.807, 2.05) is 0 Å². The van der Waals surface area contributed by atoms with Crippen molar-refractivity contribution >= 4 is 40.8 Å². The van der Waals surface area contributed by atoms with E-state index in [0.717, 1.165) is 0 Å². The van der Waals surface area contributed by atoms with Gasteiger partial charge in [-0.3, -0.25) is 0 Å². The first-order chi connectivity index (χ1) is 9.97. The summed E-state index contributed by atoms with van der Waals surface area (Å²) in [5.41, 5.74) is 0.532. The van der Waals surface area contributed by atoms with Crippen LogP contribution in [0.5, 0.6) is 5.75 Å². The Bertz CT molecular complexity index is 664. The van der Waals surface area contributed by atoms with Gasteiger partial charge in [0.15, 0.2) is 11.6 Å². The van der Waals surface area contributed by atoms with Crippen molar-refractivity contribution in [3.63, 3.8) is 0 Å². The predicted octanol–water partition coefficient (Wildman–Crippen LogP) is 3.59. The van der Waals surface area contributed by atoms with Crippen molar-refractivity contribution in [1.29, 1.82) is 0 Å². The molecule has 0 spiro atoms. The van der Waals surface area contributed by atoms with Gasteiger partial charge in [0.05, 0.1) is 11.9 Å². The molecule has 0 fully saturated rings. The van der Waals surface area contributed by atoms with E-state index in [-0.39, 0.29) is 5.28 Å². The summed E-state index contributed by atoms with van der Waals surface area (Å²) in [5.74, 6) is 0.673. The Hall–Kier alpha value is -2.05. The molecular formula is C13H12Cl2N4O2. The highest BCUT2D eigenvalue weighted by Gasteiger charge is 2.12. The molecule has 1 amide bonds. The number of aromatic nitrogens is 2. The average Bonchev–Trinajstić information content (AvgIpc) is 2.44. The number of hydrogen-bond acceptors (Lipinski definition) is 5. The molecule has 0 aliphatic carbocycles. The number of amides is 1. The van der Waals surface area contributed by atoms with Gasteiger partial charge in [0, 0.05) is 14.1 Å². The van der Waals surface area contributed by atoms with Crippen molar-refractivity contribution < 1.29 is 9.53 Å². The van der Waals surface area contributed by atoms with E-state index in [2.05, 4.69) is 15.3 Å². The van der Waals surface area contributed by atoms with Crippen molar-refractivity contribution in [2.75, 3.05) is 19.4 Å². The lowest BCUT2D eigenvalue weighted by Gasteiger charge is -2.14. The van der Waals surface area contributed by atoms with E-state index in [4.69, 9.17) is 27.9 Å². The first kappa shape index (κ1) is 15.3. The van der Waals surface area contributed by atoms with E-state index in [9.17, 15) is 4.79 Å². The molecule has 0 atom stereocenters. The zero-order valence-corrected chi connectivity index (χ0v) is 12.8. The fraction of sp³-hybridized carbons (Fsp3) is 0.154. The van der Waals surface area contributed by atoms with Crippen molar-refractivity contribution in [1.82, 2.24) is 14.9 Å². The third kappa shape index (κ3) is 3.96. The highest BCUT2D eigenvalue weighted by molar-refractivity contribution is 6.33. The smallest absolute Gasteiger partial charge is 0.408 e. The van der Waals surface area contributed by atoms with Gasteiger partial charge < -0.3 is 15.0 Å². The molecule has 1 N–H and O–H groups in total. The molecule has 1 aromatic heterocycles. The lowest BCUT2D eigenvalue weighted by atomic mass is 10.3. The van der Waals surface area contributed by atoms with Gasteiger partial charge in [-0.25, -0.2) is 9.78 Å². The van der Waals surface area contributed by atoms with Gasteiger partial charge in [0.2, 0.25) is 5.28 Å². The van der Waals surface area contributed by atoms with E-state index in [1.165, 1.54) is 11.1 Å². The summed E-state index contributed by atoms with van der Waals surface area (Å²) in [6.07, 6.45) is 0.893. The number of ether oxygens (including phenoxy) is 1. The number of anilines is 2. The van der Waals surface area contributed by atoms with Gasteiger partial charge in [0.25, 0.3) is 0 Å². The first-order valence-electron chi connectivity index (χ1n) is 5.90. The zero-order chi connectivity index (χ0) is 15.4. The molecule has 0 bridgehead atoms. The lowest BCUT2D eigenvalue weighted by Crippen LogP contribution is -2.25. The quantitative estimate of drug-likeness (QED) is 0.873. The Morgan fingerprint density at radius 3 is 2.71 bits per heavy atom. The summed E-state index contributed by atoms with van der Waals surface area (Å²) in [6.45, 7) is 0. The minimum Gasteiger partial charge on any atom is -0.408 e. The number of nitrogens with one attached hydrogen (secondary N) is 1. The van der Waals surface area contributed by atoms with Crippen LogP contribution in [0.1, 0.15) is 0 Å². The molecule has 110 valence electrons. The van der Waals surface area contributed by atoms with E-state index in [1.54, 1.807) is 38.4 Å². The number of carbonyl (C=O) groups excluding carboxylic acids is 1. The Morgan fingerprint density at radius 2 is 2.00 bits per heavy atom. The third-order valence-corrected chi connectivity index (χ3v) is 2.88. The Morgan fingerprint density at radius 1 is 1.29 bits per heavy atom. The Balaban J connectivity index is 2.28.